The number of rotatable bonds is 7. The first-order valence-corrected chi connectivity index (χ1v) is 13.6. The Kier molecular flexibility index (Phi) is 7.32. The maximum atomic E-state index is 13.0. The van der Waals surface area contributed by atoms with Gasteiger partial charge in [0.25, 0.3) is 0 Å². The summed E-state index contributed by atoms with van der Waals surface area (Å²) in [6, 6.07) is 19.7. The van der Waals surface area contributed by atoms with Gasteiger partial charge in [0.05, 0.1) is 36.1 Å². The number of ether oxygens (including phenoxy) is 1. The van der Waals surface area contributed by atoms with Crippen LogP contribution in [0.1, 0.15) is 56.1 Å². The molecule has 0 spiro atoms. The Morgan fingerprint density at radius 3 is 2.67 bits per heavy atom. The second kappa shape index (κ2) is 10.7. The van der Waals surface area contributed by atoms with Crippen LogP contribution in [0.4, 0.5) is 11.4 Å². The lowest BCUT2D eigenvalue weighted by Gasteiger charge is -2.41. The molecule has 2 N–H and O–H groups in total. The van der Waals surface area contributed by atoms with E-state index in [1.165, 1.54) is 16.8 Å². The first kappa shape index (κ1) is 26.7. The second-order valence-electron chi connectivity index (χ2n) is 10.6. The minimum Gasteiger partial charge on any atom is -0.495 e. The van der Waals surface area contributed by atoms with E-state index < -0.39 is 0 Å². The predicted molar refractivity (Wildman–Crippen MR) is 161 cm³/mol. The van der Waals surface area contributed by atoms with Crippen molar-refractivity contribution in [3.8, 4) is 5.75 Å². The third-order valence-electron chi connectivity index (χ3n) is 7.74. The molecule has 0 saturated carbocycles. The number of carbonyl (C=O) groups is 1. The van der Waals surface area contributed by atoms with Crippen LogP contribution in [-0.2, 0) is 4.79 Å². The Hall–Kier alpha value is -3.91. The van der Waals surface area contributed by atoms with Gasteiger partial charge in [0.1, 0.15) is 5.75 Å². The van der Waals surface area contributed by atoms with Crippen LogP contribution in [0.25, 0.3) is 5.57 Å². The van der Waals surface area contributed by atoms with Crippen molar-refractivity contribution in [2.75, 3.05) is 30.9 Å². The molecule has 5 rings (SSSR count). The van der Waals surface area contributed by atoms with E-state index in [-0.39, 0.29) is 30.0 Å². The average molecular weight is 542 g/mol. The van der Waals surface area contributed by atoms with Gasteiger partial charge in [0, 0.05) is 37.5 Å². The van der Waals surface area contributed by atoms with Crippen LogP contribution in [0.2, 0.25) is 0 Å². The number of likely N-dealkylation sites (N-methyl/N-ethyl adjacent to an activating group) is 1. The van der Waals surface area contributed by atoms with Gasteiger partial charge in [-0.15, -0.1) is 0 Å². The number of nitrogens with one attached hydrogen (secondary N) is 2. The third kappa shape index (κ3) is 5.21. The van der Waals surface area contributed by atoms with Crippen molar-refractivity contribution in [2.24, 2.45) is 0 Å². The van der Waals surface area contributed by atoms with Crippen LogP contribution < -0.4 is 20.3 Å². The summed E-state index contributed by atoms with van der Waals surface area (Å²) in [6.07, 6.45) is 4.39. The smallest absolute Gasteiger partial charge is 0.226 e. The summed E-state index contributed by atoms with van der Waals surface area (Å²) in [5.74, 6) is 0.526. The van der Waals surface area contributed by atoms with Crippen LogP contribution in [-0.4, -0.2) is 47.1 Å². The van der Waals surface area contributed by atoms with Gasteiger partial charge in [-0.25, -0.2) is 0 Å². The number of fused-ring (bicyclic) bond motifs is 1. The highest BCUT2D eigenvalue weighted by Crippen LogP contribution is 2.43. The highest BCUT2D eigenvalue weighted by Gasteiger charge is 2.40. The fraction of sp³-hybridized carbons (Fsp3) is 0.323. The summed E-state index contributed by atoms with van der Waals surface area (Å²) in [6.45, 7) is 7.08. The van der Waals surface area contributed by atoms with E-state index in [4.69, 9.17) is 17.0 Å². The molecule has 0 aliphatic carbocycles. The minimum absolute atomic E-state index is 0.0631. The number of benzene rings is 2. The number of amides is 1. The minimum atomic E-state index is -0.143. The molecule has 2 atom stereocenters. The third-order valence-corrected chi connectivity index (χ3v) is 8.09. The number of thiocarbonyl (C=S) groups is 1. The van der Waals surface area contributed by atoms with E-state index in [1.54, 1.807) is 13.3 Å². The maximum absolute atomic E-state index is 13.0. The fourth-order valence-electron chi connectivity index (χ4n) is 5.55. The SMILES string of the molecule is COc1ccccc1NC(=O)CCN1C(=S)N[C@H](c2ccccn2)[C@H]1c1ccc2c(c1)C(C)=CC(C)(C)N2C. The molecular weight excluding hydrogens is 506 g/mol. The van der Waals surface area contributed by atoms with Gasteiger partial charge in [0.2, 0.25) is 5.91 Å². The maximum Gasteiger partial charge on any atom is 0.226 e. The molecular formula is C31H35N5O2S. The number of carbonyl (C=O) groups excluding carboxylic acids is 1. The normalized spacial score (nSPS) is 19.7. The van der Waals surface area contributed by atoms with Gasteiger partial charge in [-0.1, -0.05) is 30.3 Å². The van der Waals surface area contributed by atoms with E-state index in [0.29, 0.717) is 23.1 Å². The summed E-state index contributed by atoms with van der Waals surface area (Å²) in [7, 11) is 3.73. The summed E-state index contributed by atoms with van der Waals surface area (Å²) in [5, 5.41) is 7.08. The molecule has 8 heteroatoms. The van der Waals surface area contributed by atoms with Crippen molar-refractivity contribution in [3.05, 3.63) is 89.8 Å². The quantitative estimate of drug-likeness (QED) is 0.371. The fourth-order valence-corrected chi connectivity index (χ4v) is 5.89. The number of nitrogens with zero attached hydrogens (tertiary/aromatic N) is 3. The number of hydrogen-bond donors (Lipinski definition) is 2. The standard InChI is InChI=1S/C31H35N5O2S/c1-20-19-31(2,3)35(4)25-14-13-21(18-22(20)25)29-28(24-11-8-9-16-32-24)34-30(39)36(29)17-15-27(37)33-23-10-6-7-12-26(23)38-5/h6-14,16,18-19,28-29H,15,17H2,1-5H3,(H,33,37)(H,34,39)/t28-,29-/m1/s1. The Balaban J connectivity index is 1.45. The molecule has 2 aliphatic heterocycles. The highest BCUT2D eigenvalue weighted by molar-refractivity contribution is 7.80. The van der Waals surface area contributed by atoms with Crippen molar-refractivity contribution in [3.63, 3.8) is 0 Å². The van der Waals surface area contributed by atoms with Crippen molar-refractivity contribution in [1.82, 2.24) is 15.2 Å². The molecule has 0 unspecified atom stereocenters. The molecule has 1 saturated heterocycles. The molecule has 1 aromatic heterocycles. The monoisotopic (exact) mass is 541 g/mol. The molecule has 0 radical (unpaired) electrons. The van der Waals surface area contributed by atoms with Crippen LogP contribution in [0.5, 0.6) is 5.75 Å². The number of allylic oxidation sites excluding steroid dienone is 1. The zero-order valence-electron chi connectivity index (χ0n) is 23.1. The van der Waals surface area contributed by atoms with Crippen LogP contribution in [0.15, 0.2) is 72.9 Å². The number of anilines is 2. The molecule has 3 heterocycles. The molecule has 7 nitrogen and oxygen atoms in total. The lowest BCUT2D eigenvalue weighted by molar-refractivity contribution is -0.116. The molecule has 2 aromatic carbocycles. The van der Waals surface area contributed by atoms with Crippen LogP contribution >= 0.6 is 12.2 Å². The zero-order valence-corrected chi connectivity index (χ0v) is 23.9. The van der Waals surface area contributed by atoms with Gasteiger partial charge in [0.15, 0.2) is 5.11 Å². The van der Waals surface area contributed by atoms with E-state index >= 15 is 0 Å². The number of para-hydroxylation sites is 2. The predicted octanol–water partition coefficient (Wildman–Crippen LogP) is 5.72. The number of pyridine rings is 1. The van der Waals surface area contributed by atoms with Crippen LogP contribution in [0, 0.1) is 0 Å². The van der Waals surface area contributed by atoms with Crippen molar-refractivity contribution in [1.29, 1.82) is 0 Å². The summed E-state index contributed by atoms with van der Waals surface area (Å²) in [4.78, 5) is 22.1. The molecule has 1 amide bonds. The number of hydrogen-bond acceptors (Lipinski definition) is 5. The van der Waals surface area contributed by atoms with Crippen molar-refractivity contribution < 1.29 is 9.53 Å². The Morgan fingerprint density at radius 1 is 1.15 bits per heavy atom. The Morgan fingerprint density at radius 2 is 1.92 bits per heavy atom. The molecule has 3 aromatic rings. The summed E-state index contributed by atoms with van der Waals surface area (Å²) < 4.78 is 5.38. The molecule has 2 aliphatic rings. The van der Waals surface area contributed by atoms with Crippen molar-refractivity contribution >= 4 is 40.2 Å². The Bertz CT molecular complexity index is 1420. The molecule has 39 heavy (non-hydrogen) atoms. The highest BCUT2D eigenvalue weighted by atomic mass is 32.1. The van der Waals surface area contributed by atoms with E-state index in [1.807, 2.05) is 42.5 Å². The van der Waals surface area contributed by atoms with Crippen molar-refractivity contribution in [2.45, 2.75) is 44.8 Å². The number of aromatic nitrogens is 1. The topological polar surface area (TPSA) is 69.7 Å². The van der Waals surface area contributed by atoms with Crippen LogP contribution in [0.3, 0.4) is 0 Å². The lowest BCUT2D eigenvalue weighted by atomic mass is 9.86. The summed E-state index contributed by atoms with van der Waals surface area (Å²) in [5.41, 5.74) is 6.29. The van der Waals surface area contributed by atoms with E-state index in [2.05, 4.69) is 77.5 Å². The lowest BCUT2D eigenvalue weighted by Crippen LogP contribution is -2.42. The molecule has 202 valence electrons. The zero-order chi connectivity index (χ0) is 27.7. The molecule has 0 bridgehead atoms. The first-order chi connectivity index (χ1) is 18.7. The van der Waals surface area contributed by atoms with E-state index in [9.17, 15) is 4.79 Å². The summed E-state index contributed by atoms with van der Waals surface area (Å²) >= 11 is 5.82. The van der Waals surface area contributed by atoms with Gasteiger partial charge >= 0.3 is 0 Å². The Labute approximate surface area is 235 Å². The van der Waals surface area contributed by atoms with Gasteiger partial charge in [-0.3, -0.25) is 9.78 Å². The first-order valence-electron chi connectivity index (χ1n) is 13.2. The molecule has 1 fully saturated rings. The van der Waals surface area contributed by atoms with Gasteiger partial charge in [-0.05, 0) is 80.5 Å². The number of methoxy groups -OCH3 is 1. The van der Waals surface area contributed by atoms with Gasteiger partial charge < -0.3 is 25.2 Å². The average Bonchev–Trinajstić information content (AvgIpc) is 3.27. The van der Waals surface area contributed by atoms with Gasteiger partial charge in [-0.2, -0.15) is 0 Å². The van der Waals surface area contributed by atoms with E-state index in [0.717, 1.165) is 11.3 Å². The largest absolute Gasteiger partial charge is 0.495 e. The second-order valence-corrected chi connectivity index (χ2v) is 11.0.